The van der Waals surface area contributed by atoms with Crippen molar-refractivity contribution >= 4 is 40.6 Å². The number of anilines is 4. The number of nitrogens with two attached hydrogens (primary N) is 1. The largest absolute Gasteiger partial charge is 0.507 e. The minimum Gasteiger partial charge on any atom is -0.507 e. The lowest BCUT2D eigenvalue weighted by molar-refractivity contribution is -0.136. The summed E-state index contributed by atoms with van der Waals surface area (Å²) in [7, 11) is 0. The number of rotatable bonds is 7. The Morgan fingerprint density at radius 2 is 1.64 bits per heavy atom. The second kappa shape index (κ2) is 14.6. The summed E-state index contributed by atoms with van der Waals surface area (Å²) in [6.45, 7) is 6.16. The van der Waals surface area contributed by atoms with E-state index in [1.807, 2.05) is 30.3 Å². The lowest BCUT2D eigenvalue weighted by atomic mass is 9.82. The zero-order valence-electron chi connectivity index (χ0n) is 34.1. The molecule has 1 spiro atoms. The molecule has 8 heterocycles. The van der Waals surface area contributed by atoms with Crippen LogP contribution >= 0.6 is 0 Å². The molecule has 4 N–H and O–H groups in total. The van der Waals surface area contributed by atoms with Crippen LogP contribution in [0.1, 0.15) is 66.4 Å². The number of amides is 3. The van der Waals surface area contributed by atoms with Crippen LogP contribution in [-0.2, 0) is 22.6 Å². The molecule has 0 aliphatic carbocycles. The first-order valence-corrected chi connectivity index (χ1v) is 21.8. The number of likely N-dealkylation sites (tertiary alicyclic amines) is 1. The van der Waals surface area contributed by atoms with Gasteiger partial charge in [0.1, 0.15) is 29.0 Å². The van der Waals surface area contributed by atoms with Crippen LogP contribution in [-0.4, -0.2) is 112 Å². The van der Waals surface area contributed by atoms with Crippen molar-refractivity contribution in [1.29, 1.82) is 0 Å². The van der Waals surface area contributed by atoms with Crippen molar-refractivity contribution in [2.24, 2.45) is 5.92 Å². The zero-order chi connectivity index (χ0) is 41.6. The highest BCUT2D eigenvalue weighted by Gasteiger charge is 2.49. The molecule has 3 atom stereocenters. The average molecular weight is 828 g/mol. The summed E-state index contributed by atoms with van der Waals surface area (Å²) in [6, 6.07) is 18.4. The number of aromatic nitrogens is 2. The predicted molar refractivity (Wildman–Crippen MR) is 227 cm³/mol. The second-order valence-corrected chi connectivity index (χ2v) is 18.3. The van der Waals surface area contributed by atoms with Crippen LogP contribution in [0.25, 0.3) is 11.3 Å². The topological polar surface area (TPSA) is 161 Å². The van der Waals surface area contributed by atoms with E-state index in [1.54, 1.807) is 23.1 Å². The van der Waals surface area contributed by atoms with Crippen molar-refractivity contribution < 1.29 is 28.6 Å². The number of piperazine rings is 1. The van der Waals surface area contributed by atoms with Gasteiger partial charge in [-0.2, -0.15) is 0 Å². The molecule has 2 unspecified atom stereocenters. The number of hydrogen-bond acceptors (Lipinski definition) is 12. The molecule has 2 bridgehead atoms. The van der Waals surface area contributed by atoms with E-state index >= 15 is 4.39 Å². The van der Waals surface area contributed by atoms with E-state index in [2.05, 4.69) is 47.2 Å². The molecule has 5 saturated heterocycles. The van der Waals surface area contributed by atoms with Crippen LogP contribution < -0.4 is 30.5 Å². The Morgan fingerprint density at radius 3 is 2.41 bits per heavy atom. The Balaban J connectivity index is 0.694. The summed E-state index contributed by atoms with van der Waals surface area (Å²) in [5, 5.41) is 21.4. The minimum atomic E-state index is -0.632. The molecule has 15 heteroatoms. The fraction of sp³-hybridized carbons (Fsp3) is 0.457. The van der Waals surface area contributed by atoms with Gasteiger partial charge in [-0.05, 0) is 111 Å². The molecule has 0 radical (unpaired) electrons. The Bertz CT molecular complexity index is 2440. The molecule has 316 valence electrons. The first kappa shape index (κ1) is 38.0. The number of ether oxygens (including phenoxy) is 1. The molecule has 14 nitrogen and oxygen atoms in total. The number of aromatic hydroxyl groups is 1. The number of halogens is 1. The smallest absolute Gasteiger partial charge is 0.255 e. The molecule has 4 aromatic rings. The number of nitrogens with zero attached hydrogens (tertiary/aromatic N) is 7. The highest BCUT2D eigenvalue weighted by atomic mass is 19.1. The van der Waals surface area contributed by atoms with Crippen LogP contribution in [0.4, 0.5) is 27.3 Å². The second-order valence-electron chi connectivity index (χ2n) is 18.3. The van der Waals surface area contributed by atoms with E-state index in [1.165, 1.54) is 0 Å². The maximum absolute atomic E-state index is 15.6. The molecular weight excluding hydrogens is 778 g/mol. The molecule has 1 aromatic heterocycles. The fourth-order valence-corrected chi connectivity index (χ4v) is 11.3. The summed E-state index contributed by atoms with van der Waals surface area (Å²) in [5.41, 5.74) is 12.5. The quantitative estimate of drug-likeness (QED) is 0.225. The predicted octanol–water partition coefficient (Wildman–Crippen LogP) is 4.49. The first-order chi connectivity index (χ1) is 29.6. The number of para-hydroxylation sites is 1. The van der Waals surface area contributed by atoms with E-state index in [-0.39, 0.29) is 47.5 Å². The fourth-order valence-electron chi connectivity index (χ4n) is 11.3. The van der Waals surface area contributed by atoms with Gasteiger partial charge in [-0.15, -0.1) is 10.2 Å². The van der Waals surface area contributed by atoms with E-state index in [0.29, 0.717) is 47.2 Å². The van der Waals surface area contributed by atoms with Gasteiger partial charge in [0.15, 0.2) is 5.82 Å². The normalized spacial score (nSPS) is 24.7. The number of nitrogens with one attached hydrogen (secondary N) is 1. The average Bonchev–Trinajstić information content (AvgIpc) is 3.70. The van der Waals surface area contributed by atoms with Crippen molar-refractivity contribution in [3.8, 4) is 22.8 Å². The van der Waals surface area contributed by atoms with Gasteiger partial charge in [0.25, 0.3) is 5.91 Å². The van der Waals surface area contributed by atoms with Crippen LogP contribution in [0.2, 0.25) is 0 Å². The molecular formula is C46H50FN9O5. The highest BCUT2D eigenvalue weighted by molar-refractivity contribution is 6.05. The molecule has 61 heavy (non-hydrogen) atoms. The minimum absolute atomic E-state index is 0.147. The Kier molecular flexibility index (Phi) is 9.09. The number of piperidine rings is 2. The van der Waals surface area contributed by atoms with Crippen LogP contribution in [0, 0.1) is 11.7 Å². The lowest BCUT2D eigenvalue weighted by Crippen LogP contribution is -2.66. The molecule has 0 saturated carbocycles. The molecule has 7 aliphatic heterocycles. The Morgan fingerprint density at radius 1 is 0.852 bits per heavy atom. The van der Waals surface area contributed by atoms with Gasteiger partial charge in [0.05, 0.1) is 17.1 Å². The number of carbonyl (C=O) groups is 3. The number of carbonyl (C=O) groups excluding carboxylic acids is 3. The van der Waals surface area contributed by atoms with Crippen LogP contribution in [0.5, 0.6) is 11.5 Å². The summed E-state index contributed by atoms with van der Waals surface area (Å²) in [5.74, 6) is 0.740. The number of hydrogen-bond donors (Lipinski definition) is 3. The lowest BCUT2D eigenvalue weighted by Gasteiger charge is -2.53. The van der Waals surface area contributed by atoms with Gasteiger partial charge in [0, 0.05) is 87.7 Å². The van der Waals surface area contributed by atoms with Crippen molar-refractivity contribution in [3.63, 3.8) is 0 Å². The van der Waals surface area contributed by atoms with E-state index < -0.39 is 11.9 Å². The molecule has 7 aliphatic rings. The van der Waals surface area contributed by atoms with E-state index in [4.69, 9.17) is 10.5 Å². The Hall–Kier alpha value is -5.96. The number of phenols is 1. The summed E-state index contributed by atoms with van der Waals surface area (Å²) in [6.07, 6.45) is 6.42. The molecule has 5 fully saturated rings. The van der Waals surface area contributed by atoms with Gasteiger partial charge < -0.3 is 35.2 Å². The van der Waals surface area contributed by atoms with Crippen molar-refractivity contribution in [3.05, 3.63) is 83.2 Å². The monoisotopic (exact) mass is 827 g/mol. The number of aryl methyl sites for hydroxylation is 1. The van der Waals surface area contributed by atoms with Gasteiger partial charge in [-0.3, -0.25) is 24.6 Å². The number of nitrogen functional groups attached to an aromatic ring is 1. The molecule has 11 rings (SSSR count). The SMILES string of the molecule is Nc1nnc(-c2ccccc2O)cc1N1CC2CCC(C1)N2c1ccc(F)c(N2CCC(CN3CC4(CCc5cc6c(cc5O4)C(=O)N([C@H]4CCC(=O)NC4=O)C6)C3)CC2)c1. The first-order valence-electron chi connectivity index (χ1n) is 21.8. The Labute approximate surface area is 353 Å². The number of benzene rings is 3. The van der Waals surface area contributed by atoms with Gasteiger partial charge >= 0.3 is 0 Å². The van der Waals surface area contributed by atoms with E-state index in [9.17, 15) is 19.5 Å². The van der Waals surface area contributed by atoms with E-state index in [0.717, 1.165) is 113 Å². The standard InChI is InChI=1S/C46H50FN9O5/c47-35-8-7-30(56-31-5-6-32(56)24-54(23-31)39-20-36(50-51-43(39)48)33-3-1-2-4-40(33)57)18-38(35)53-15-12-27(13-16-53)21-52-25-46(26-52)14-11-28-17-29-22-55(37-9-10-42(58)49-44(37)59)45(60)34(29)19-41(28)61-46/h1-4,7-8,17-20,27,31-32,37,57H,5-6,9-16,21-26H2,(H2,48,51)(H,49,58,59)/t31?,32?,37-/m0/s1. The summed E-state index contributed by atoms with van der Waals surface area (Å²) < 4.78 is 22.3. The number of fused-ring (bicyclic) bond motifs is 4. The highest BCUT2D eigenvalue weighted by Crippen LogP contribution is 2.44. The van der Waals surface area contributed by atoms with Crippen molar-refractivity contribution in [2.45, 2.75) is 81.6 Å². The van der Waals surface area contributed by atoms with Crippen molar-refractivity contribution in [2.75, 3.05) is 66.2 Å². The molecule has 3 aromatic carbocycles. The van der Waals surface area contributed by atoms with Crippen LogP contribution in [0.15, 0.2) is 60.7 Å². The third-order valence-electron chi connectivity index (χ3n) is 14.4. The summed E-state index contributed by atoms with van der Waals surface area (Å²) in [4.78, 5) is 48.7. The third-order valence-corrected chi connectivity index (χ3v) is 14.4. The van der Waals surface area contributed by atoms with Gasteiger partial charge in [0.2, 0.25) is 11.8 Å². The maximum atomic E-state index is 15.6. The summed E-state index contributed by atoms with van der Waals surface area (Å²) >= 11 is 0. The van der Waals surface area contributed by atoms with Crippen LogP contribution in [0.3, 0.4) is 0 Å². The maximum Gasteiger partial charge on any atom is 0.255 e. The number of imide groups is 1. The zero-order valence-corrected chi connectivity index (χ0v) is 34.1. The van der Waals surface area contributed by atoms with Gasteiger partial charge in [-0.1, -0.05) is 12.1 Å². The third kappa shape index (κ3) is 6.68. The molecule has 3 amide bonds. The van der Waals surface area contributed by atoms with Gasteiger partial charge in [-0.25, -0.2) is 4.39 Å². The number of phenolic OH excluding ortho intramolecular Hbond substituents is 1. The van der Waals surface area contributed by atoms with Crippen molar-refractivity contribution in [1.82, 2.24) is 25.3 Å².